The third-order valence-corrected chi connectivity index (χ3v) is 6.20. The minimum absolute atomic E-state index is 0.0328. The molecule has 1 N–H and O–H groups in total. The Morgan fingerprint density at radius 1 is 1.29 bits per heavy atom. The molecule has 148 valence electrons. The van der Waals surface area contributed by atoms with Gasteiger partial charge in [-0.25, -0.2) is 14.4 Å². The number of likely N-dealkylation sites (tertiary alicyclic amines) is 1. The number of halogens is 1. The molecule has 3 heterocycles. The van der Waals surface area contributed by atoms with Gasteiger partial charge in [0.25, 0.3) is 0 Å². The lowest BCUT2D eigenvalue weighted by Crippen LogP contribution is -2.47. The number of nitrogens with zero attached hydrogens (tertiary/aromatic N) is 3. The van der Waals surface area contributed by atoms with Crippen molar-refractivity contribution in [2.24, 2.45) is 0 Å². The number of alkyl halides is 1. The van der Waals surface area contributed by atoms with Crippen molar-refractivity contribution >= 4 is 15.1 Å². The number of carbonyl (C=O) groups excluding carboxylic acids is 1. The zero-order chi connectivity index (χ0) is 20.1. The molecule has 0 aliphatic carbocycles. The zero-order valence-electron chi connectivity index (χ0n) is 16.5. The quantitative estimate of drug-likeness (QED) is 0.802. The number of carbonyl (C=O) groups is 1. The smallest absolute Gasteiger partial charge is 0.242 e. The number of aryl methyl sites for hydroxylation is 1. The Kier molecular flexibility index (Phi) is 4.75. The molecule has 0 radical (unpaired) electrons. The SMILES string of the molecule is Cc1cc(-c2ccc(C(C)(F)P)cc2)nc([C@@H]2CC[C@]3(CCN(C)C3=O)N2)n1. The molecule has 2 fully saturated rings. The fraction of sp³-hybridized carbons (Fsp3) is 0.476. The van der Waals surface area contributed by atoms with E-state index in [9.17, 15) is 9.18 Å². The van der Waals surface area contributed by atoms with Crippen molar-refractivity contribution in [2.45, 2.75) is 50.1 Å². The molecule has 5 nitrogen and oxygen atoms in total. The summed E-state index contributed by atoms with van der Waals surface area (Å²) in [5, 5.41) is 2.08. The van der Waals surface area contributed by atoms with Crippen molar-refractivity contribution in [2.75, 3.05) is 13.6 Å². The summed E-state index contributed by atoms with van der Waals surface area (Å²) in [7, 11) is 4.07. The molecule has 2 aliphatic heterocycles. The Hall–Kier alpha value is -1.91. The standard InChI is InChI=1S/C21H26FN4OP/c1-13-12-17(14-4-6-15(7-5-14)20(2,22)28)24-18(23-13)16-8-9-21(25-16)10-11-26(3)19(21)27/h4-7,12,16,25H,8-11,28H2,1-3H3/t16-,20?,21+/m0/s1. The van der Waals surface area contributed by atoms with E-state index in [0.29, 0.717) is 5.56 Å². The van der Waals surface area contributed by atoms with Crippen LogP contribution in [0.25, 0.3) is 11.3 Å². The average molecular weight is 400 g/mol. The number of nitrogens with one attached hydrogen (secondary N) is 1. The van der Waals surface area contributed by atoms with E-state index in [2.05, 4.69) is 19.5 Å². The van der Waals surface area contributed by atoms with E-state index >= 15 is 0 Å². The van der Waals surface area contributed by atoms with Crippen LogP contribution in [0.15, 0.2) is 30.3 Å². The Bertz CT molecular complexity index is 912. The van der Waals surface area contributed by atoms with Crippen LogP contribution in [-0.4, -0.2) is 39.9 Å². The summed E-state index contributed by atoms with van der Waals surface area (Å²) in [6, 6.07) is 9.26. The van der Waals surface area contributed by atoms with E-state index in [0.717, 1.165) is 48.6 Å². The maximum absolute atomic E-state index is 14.1. The number of rotatable bonds is 3. The highest BCUT2D eigenvalue weighted by Gasteiger charge is 2.50. The number of benzene rings is 1. The number of hydrogen-bond donors (Lipinski definition) is 1. The molecule has 1 spiro atoms. The van der Waals surface area contributed by atoms with E-state index < -0.39 is 10.9 Å². The molecule has 4 atom stereocenters. The molecule has 2 saturated heterocycles. The minimum atomic E-state index is -1.45. The lowest BCUT2D eigenvalue weighted by molar-refractivity contribution is -0.131. The first-order valence-electron chi connectivity index (χ1n) is 9.65. The summed E-state index contributed by atoms with van der Waals surface area (Å²) in [5.41, 5.74) is 2.77. The van der Waals surface area contributed by atoms with E-state index in [1.807, 2.05) is 32.2 Å². The monoisotopic (exact) mass is 400 g/mol. The van der Waals surface area contributed by atoms with Crippen LogP contribution in [0.4, 0.5) is 4.39 Å². The Balaban J connectivity index is 1.61. The highest BCUT2D eigenvalue weighted by atomic mass is 31.0. The van der Waals surface area contributed by atoms with Crippen molar-refractivity contribution in [3.05, 3.63) is 47.4 Å². The normalized spacial score (nSPS) is 26.8. The molecule has 4 rings (SSSR count). The predicted molar refractivity (Wildman–Crippen MR) is 110 cm³/mol. The molecule has 1 aromatic heterocycles. The van der Waals surface area contributed by atoms with Gasteiger partial charge in [0.15, 0.2) is 0 Å². The summed E-state index contributed by atoms with van der Waals surface area (Å²) in [5.74, 6) is 0.893. The third-order valence-electron chi connectivity index (χ3n) is 5.87. The van der Waals surface area contributed by atoms with Gasteiger partial charge in [-0.1, -0.05) is 33.5 Å². The topological polar surface area (TPSA) is 58.1 Å². The van der Waals surface area contributed by atoms with E-state index in [-0.39, 0.29) is 11.9 Å². The first-order valence-corrected chi connectivity index (χ1v) is 10.2. The second-order valence-electron chi connectivity index (χ2n) is 8.20. The molecule has 1 aromatic carbocycles. The number of hydrogen-bond acceptors (Lipinski definition) is 4. The van der Waals surface area contributed by atoms with E-state index in [1.165, 1.54) is 6.92 Å². The van der Waals surface area contributed by atoms with Gasteiger partial charge in [0.05, 0.1) is 11.7 Å². The van der Waals surface area contributed by atoms with Gasteiger partial charge in [-0.3, -0.25) is 10.1 Å². The van der Waals surface area contributed by atoms with Gasteiger partial charge in [0.1, 0.15) is 16.8 Å². The molecule has 0 bridgehead atoms. The summed E-state index contributed by atoms with van der Waals surface area (Å²) in [6.45, 7) is 4.25. The number of likely N-dealkylation sites (N-methyl/N-ethyl adjacent to an activating group) is 1. The van der Waals surface area contributed by atoms with Gasteiger partial charge in [0.2, 0.25) is 5.91 Å². The van der Waals surface area contributed by atoms with Crippen LogP contribution in [0.2, 0.25) is 0 Å². The van der Waals surface area contributed by atoms with Gasteiger partial charge < -0.3 is 4.90 Å². The van der Waals surface area contributed by atoms with Crippen LogP contribution in [0, 0.1) is 6.92 Å². The summed E-state index contributed by atoms with van der Waals surface area (Å²) < 4.78 is 14.1. The van der Waals surface area contributed by atoms with Crippen molar-refractivity contribution in [3.8, 4) is 11.3 Å². The first kappa shape index (κ1) is 19.4. The predicted octanol–water partition coefficient (Wildman–Crippen LogP) is 3.49. The largest absolute Gasteiger partial charge is 0.344 e. The van der Waals surface area contributed by atoms with Crippen molar-refractivity contribution < 1.29 is 9.18 Å². The average Bonchev–Trinajstić information content (AvgIpc) is 3.21. The molecule has 7 heteroatoms. The first-order chi connectivity index (χ1) is 13.2. The lowest BCUT2D eigenvalue weighted by atomic mass is 9.96. The fourth-order valence-corrected chi connectivity index (χ4v) is 4.42. The Morgan fingerprint density at radius 2 is 2.00 bits per heavy atom. The molecular weight excluding hydrogens is 374 g/mol. The van der Waals surface area contributed by atoms with Crippen LogP contribution in [0.5, 0.6) is 0 Å². The maximum Gasteiger partial charge on any atom is 0.242 e. The third kappa shape index (κ3) is 3.44. The van der Waals surface area contributed by atoms with Crippen LogP contribution in [0.1, 0.15) is 49.3 Å². The second kappa shape index (κ2) is 6.85. The van der Waals surface area contributed by atoms with Gasteiger partial charge in [-0.15, -0.1) is 0 Å². The fourth-order valence-electron chi connectivity index (χ4n) is 4.22. The van der Waals surface area contributed by atoms with Crippen molar-refractivity contribution in [1.82, 2.24) is 20.2 Å². The van der Waals surface area contributed by atoms with Crippen LogP contribution >= 0.6 is 9.24 Å². The second-order valence-corrected chi connectivity index (χ2v) is 9.28. The van der Waals surface area contributed by atoms with Crippen molar-refractivity contribution in [3.63, 3.8) is 0 Å². The molecule has 28 heavy (non-hydrogen) atoms. The van der Waals surface area contributed by atoms with Crippen LogP contribution in [0.3, 0.4) is 0 Å². The van der Waals surface area contributed by atoms with E-state index in [1.54, 1.807) is 17.0 Å². The molecule has 2 unspecified atom stereocenters. The van der Waals surface area contributed by atoms with Crippen molar-refractivity contribution in [1.29, 1.82) is 0 Å². The highest BCUT2D eigenvalue weighted by molar-refractivity contribution is 7.18. The maximum atomic E-state index is 14.1. The van der Waals surface area contributed by atoms with Gasteiger partial charge in [-0.05, 0) is 44.7 Å². The molecule has 1 amide bonds. The molecule has 2 aliphatic rings. The van der Waals surface area contributed by atoms with Crippen LogP contribution < -0.4 is 5.32 Å². The van der Waals surface area contributed by atoms with Gasteiger partial charge >= 0.3 is 0 Å². The Labute approximate surface area is 167 Å². The van der Waals surface area contributed by atoms with Gasteiger partial charge in [0, 0.05) is 24.8 Å². The number of amides is 1. The Morgan fingerprint density at radius 3 is 2.61 bits per heavy atom. The summed E-state index contributed by atoms with van der Waals surface area (Å²) in [4.78, 5) is 23.8. The lowest BCUT2D eigenvalue weighted by Gasteiger charge is -2.23. The number of aromatic nitrogens is 2. The van der Waals surface area contributed by atoms with Crippen LogP contribution in [-0.2, 0) is 10.2 Å². The molecular formula is C21H26FN4OP. The molecule has 2 aromatic rings. The van der Waals surface area contributed by atoms with E-state index in [4.69, 9.17) is 4.98 Å². The highest BCUT2D eigenvalue weighted by Crippen LogP contribution is 2.39. The molecule has 0 saturated carbocycles. The zero-order valence-corrected chi connectivity index (χ0v) is 17.7. The van der Waals surface area contributed by atoms with Gasteiger partial charge in [-0.2, -0.15) is 0 Å². The summed E-state index contributed by atoms with van der Waals surface area (Å²) in [6.07, 6.45) is 2.48. The summed E-state index contributed by atoms with van der Waals surface area (Å²) >= 11 is 0. The minimum Gasteiger partial charge on any atom is -0.344 e.